The number of β-amino-alcohol motifs (C(OH)–C–C–N with tert-alkyl or cyclic N) is 1. The molecular formula is C20H27ClN2O3S. The fraction of sp³-hybridized carbons (Fsp3) is 0.500. The minimum absolute atomic E-state index is 0.267. The van der Waals surface area contributed by atoms with Gasteiger partial charge in [-0.3, -0.25) is 0 Å². The number of halogens is 1. The van der Waals surface area contributed by atoms with Crippen LogP contribution in [0.5, 0.6) is 11.5 Å². The van der Waals surface area contributed by atoms with E-state index in [1.165, 1.54) is 17.7 Å². The Hall–Kier alpha value is -1.31. The SMILES string of the molecule is COc1cc(CNCc2ccc(Cl)s2)ccc1OCC(O)CN1CCCC1. The third kappa shape index (κ3) is 6.36. The largest absolute Gasteiger partial charge is 0.493 e. The zero-order valence-electron chi connectivity index (χ0n) is 15.6. The molecule has 1 saturated heterocycles. The van der Waals surface area contributed by atoms with Crippen LogP contribution < -0.4 is 14.8 Å². The highest BCUT2D eigenvalue weighted by Gasteiger charge is 2.17. The summed E-state index contributed by atoms with van der Waals surface area (Å²) < 4.78 is 12.1. The average molecular weight is 411 g/mol. The van der Waals surface area contributed by atoms with Gasteiger partial charge in [0.25, 0.3) is 0 Å². The van der Waals surface area contributed by atoms with Crippen molar-refractivity contribution in [1.29, 1.82) is 0 Å². The van der Waals surface area contributed by atoms with Crippen molar-refractivity contribution >= 4 is 22.9 Å². The third-order valence-corrected chi connectivity index (χ3v) is 5.82. The summed E-state index contributed by atoms with van der Waals surface area (Å²) in [5.41, 5.74) is 1.11. The highest BCUT2D eigenvalue weighted by atomic mass is 35.5. The van der Waals surface area contributed by atoms with Gasteiger partial charge in [0.15, 0.2) is 11.5 Å². The normalized spacial score (nSPS) is 15.8. The van der Waals surface area contributed by atoms with E-state index in [2.05, 4.69) is 10.2 Å². The van der Waals surface area contributed by atoms with Gasteiger partial charge in [-0.2, -0.15) is 0 Å². The monoisotopic (exact) mass is 410 g/mol. The van der Waals surface area contributed by atoms with E-state index in [1.807, 2.05) is 30.3 Å². The highest BCUT2D eigenvalue weighted by Crippen LogP contribution is 2.28. The summed E-state index contributed by atoms with van der Waals surface area (Å²) in [6.07, 6.45) is 1.94. The Morgan fingerprint density at radius 2 is 2.00 bits per heavy atom. The fourth-order valence-electron chi connectivity index (χ4n) is 3.22. The number of thiophene rings is 1. The standard InChI is InChI=1S/C20H27ClN2O3S/c1-25-19-10-15(11-22-12-17-5-7-20(21)27-17)4-6-18(19)26-14-16(24)13-23-8-2-3-9-23/h4-7,10,16,22,24H,2-3,8-9,11-14H2,1H3. The van der Waals surface area contributed by atoms with Crippen molar-refractivity contribution in [3.63, 3.8) is 0 Å². The Labute approximate surface area is 169 Å². The molecule has 0 radical (unpaired) electrons. The lowest BCUT2D eigenvalue weighted by atomic mass is 10.2. The predicted octanol–water partition coefficient (Wildman–Crippen LogP) is 3.54. The van der Waals surface area contributed by atoms with Gasteiger partial charge in [-0.25, -0.2) is 0 Å². The molecule has 2 N–H and O–H groups in total. The first-order valence-corrected chi connectivity index (χ1v) is 10.5. The maximum Gasteiger partial charge on any atom is 0.161 e. The van der Waals surface area contributed by atoms with Crippen LogP contribution in [-0.2, 0) is 13.1 Å². The van der Waals surface area contributed by atoms with Crippen molar-refractivity contribution in [2.24, 2.45) is 0 Å². The van der Waals surface area contributed by atoms with Gasteiger partial charge in [0.2, 0.25) is 0 Å². The lowest BCUT2D eigenvalue weighted by Crippen LogP contribution is -2.33. The molecule has 1 aromatic heterocycles. The lowest BCUT2D eigenvalue weighted by molar-refractivity contribution is 0.0747. The molecule has 0 amide bonds. The molecule has 2 aromatic rings. The Bertz CT molecular complexity index is 719. The number of likely N-dealkylation sites (tertiary alicyclic amines) is 1. The molecule has 0 bridgehead atoms. The number of nitrogens with zero attached hydrogens (tertiary/aromatic N) is 1. The number of hydrogen-bond donors (Lipinski definition) is 2. The van der Waals surface area contributed by atoms with Gasteiger partial charge in [0.05, 0.1) is 11.4 Å². The van der Waals surface area contributed by atoms with Gasteiger partial charge in [0, 0.05) is 24.5 Å². The van der Waals surface area contributed by atoms with E-state index in [4.69, 9.17) is 21.1 Å². The summed E-state index contributed by atoms with van der Waals surface area (Å²) in [5.74, 6) is 1.34. The number of nitrogens with one attached hydrogen (secondary N) is 1. The molecule has 5 nitrogen and oxygen atoms in total. The van der Waals surface area contributed by atoms with E-state index in [1.54, 1.807) is 18.4 Å². The molecule has 7 heteroatoms. The highest BCUT2D eigenvalue weighted by molar-refractivity contribution is 7.16. The van der Waals surface area contributed by atoms with Crippen molar-refractivity contribution in [2.45, 2.75) is 32.0 Å². The summed E-state index contributed by atoms with van der Waals surface area (Å²) in [7, 11) is 1.63. The number of benzene rings is 1. The second-order valence-electron chi connectivity index (χ2n) is 6.77. The molecule has 1 atom stereocenters. The second kappa shape index (κ2) is 10.3. The van der Waals surface area contributed by atoms with Gasteiger partial charge < -0.3 is 24.8 Å². The minimum Gasteiger partial charge on any atom is -0.493 e. The molecule has 0 spiro atoms. The summed E-state index contributed by atoms with van der Waals surface area (Å²) in [6.45, 7) is 4.57. The number of rotatable bonds is 10. The molecule has 1 unspecified atom stereocenters. The number of methoxy groups -OCH3 is 1. The Balaban J connectivity index is 1.47. The zero-order chi connectivity index (χ0) is 19.1. The van der Waals surface area contributed by atoms with Crippen molar-refractivity contribution in [3.05, 3.63) is 45.1 Å². The molecule has 1 fully saturated rings. The van der Waals surface area contributed by atoms with Crippen LogP contribution >= 0.6 is 22.9 Å². The number of aliphatic hydroxyl groups excluding tert-OH is 1. The number of ether oxygens (including phenoxy) is 2. The molecule has 1 aliphatic rings. The maximum atomic E-state index is 10.2. The third-order valence-electron chi connectivity index (χ3n) is 4.58. The first-order chi connectivity index (χ1) is 13.1. The Morgan fingerprint density at radius 1 is 1.19 bits per heavy atom. The summed E-state index contributed by atoms with van der Waals surface area (Å²) in [4.78, 5) is 3.49. The van der Waals surface area contributed by atoms with E-state index in [-0.39, 0.29) is 6.61 Å². The quantitative estimate of drug-likeness (QED) is 0.627. The predicted molar refractivity (Wildman–Crippen MR) is 110 cm³/mol. The number of aliphatic hydroxyl groups is 1. The van der Waals surface area contributed by atoms with Gasteiger partial charge >= 0.3 is 0 Å². The second-order valence-corrected chi connectivity index (χ2v) is 8.57. The lowest BCUT2D eigenvalue weighted by Gasteiger charge is -2.20. The summed E-state index contributed by atoms with van der Waals surface area (Å²) in [5, 5.41) is 13.6. The molecule has 1 aliphatic heterocycles. The van der Waals surface area contributed by atoms with Crippen molar-refractivity contribution in [1.82, 2.24) is 10.2 Å². The molecule has 1 aromatic carbocycles. The van der Waals surface area contributed by atoms with E-state index in [0.29, 0.717) is 18.0 Å². The molecule has 27 heavy (non-hydrogen) atoms. The van der Waals surface area contributed by atoms with Gasteiger partial charge in [0.1, 0.15) is 12.7 Å². The van der Waals surface area contributed by atoms with E-state index >= 15 is 0 Å². The molecule has 2 heterocycles. The van der Waals surface area contributed by atoms with Crippen molar-refractivity contribution in [3.8, 4) is 11.5 Å². The van der Waals surface area contributed by atoms with Crippen molar-refractivity contribution < 1.29 is 14.6 Å². The van der Waals surface area contributed by atoms with Crippen LogP contribution in [0.2, 0.25) is 4.34 Å². The van der Waals surface area contributed by atoms with Crippen molar-refractivity contribution in [2.75, 3.05) is 33.4 Å². The van der Waals surface area contributed by atoms with E-state index in [0.717, 1.165) is 36.1 Å². The first-order valence-electron chi connectivity index (χ1n) is 9.29. The zero-order valence-corrected chi connectivity index (χ0v) is 17.2. The summed E-state index contributed by atoms with van der Waals surface area (Å²) in [6, 6.07) is 9.83. The van der Waals surface area contributed by atoms with Gasteiger partial charge in [-0.05, 0) is 55.8 Å². The molecule has 0 aliphatic carbocycles. The maximum absolute atomic E-state index is 10.2. The van der Waals surface area contributed by atoms with Crippen LogP contribution in [-0.4, -0.2) is 49.5 Å². The molecule has 3 rings (SSSR count). The van der Waals surface area contributed by atoms with Gasteiger partial charge in [-0.1, -0.05) is 17.7 Å². The topological polar surface area (TPSA) is 54.0 Å². The van der Waals surface area contributed by atoms with Crippen LogP contribution in [0.4, 0.5) is 0 Å². The molecular weight excluding hydrogens is 384 g/mol. The minimum atomic E-state index is -0.494. The fourth-order valence-corrected chi connectivity index (χ4v) is 4.28. The van der Waals surface area contributed by atoms with Crippen LogP contribution in [0, 0.1) is 0 Å². The van der Waals surface area contributed by atoms with Crippen LogP contribution in [0.15, 0.2) is 30.3 Å². The average Bonchev–Trinajstić information content (AvgIpc) is 3.32. The number of hydrogen-bond acceptors (Lipinski definition) is 6. The van der Waals surface area contributed by atoms with E-state index < -0.39 is 6.10 Å². The van der Waals surface area contributed by atoms with Crippen LogP contribution in [0.25, 0.3) is 0 Å². The summed E-state index contributed by atoms with van der Waals surface area (Å²) >= 11 is 7.54. The Kier molecular flexibility index (Phi) is 7.79. The smallest absolute Gasteiger partial charge is 0.161 e. The molecule has 148 valence electrons. The van der Waals surface area contributed by atoms with E-state index in [9.17, 15) is 5.11 Å². The van der Waals surface area contributed by atoms with Crippen LogP contribution in [0.1, 0.15) is 23.3 Å². The molecule has 0 saturated carbocycles. The van der Waals surface area contributed by atoms with Gasteiger partial charge in [-0.15, -0.1) is 11.3 Å². The first kappa shape index (κ1) is 20.4. The van der Waals surface area contributed by atoms with Crippen LogP contribution in [0.3, 0.4) is 0 Å². The Morgan fingerprint density at radius 3 is 2.70 bits per heavy atom.